The topological polar surface area (TPSA) is 90.2 Å². The van der Waals surface area contributed by atoms with Crippen molar-refractivity contribution in [3.63, 3.8) is 0 Å². The Morgan fingerprint density at radius 1 is 1.13 bits per heavy atom. The smallest absolute Gasteiger partial charge is 0.256 e. The van der Waals surface area contributed by atoms with Crippen LogP contribution in [-0.2, 0) is 0 Å². The molecule has 2 N–H and O–H groups in total. The molecule has 122 valence electrons. The van der Waals surface area contributed by atoms with E-state index in [4.69, 9.17) is 5.73 Å². The number of nitrogens with two attached hydrogens (primary N) is 1. The molecule has 0 aliphatic heterocycles. The van der Waals surface area contributed by atoms with Gasteiger partial charge in [0, 0.05) is 19.8 Å². The lowest BCUT2D eigenvalue weighted by Crippen LogP contribution is -2.20. The van der Waals surface area contributed by atoms with Gasteiger partial charge >= 0.3 is 0 Å². The molecule has 8 nitrogen and oxygen atoms in total. The molecule has 0 radical (unpaired) electrons. The molecule has 3 rings (SSSR count). The summed E-state index contributed by atoms with van der Waals surface area (Å²) in [5, 5.41) is 8.96. The van der Waals surface area contributed by atoms with Gasteiger partial charge in [-0.25, -0.2) is 9.67 Å². The Bertz CT molecular complexity index is 871. The third-order valence-corrected chi connectivity index (χ3v) is 3.72. The van der Waals surface area contributed by atoms with Crippen LogP contribution in [0.25, 0.3) is 11.5 Å². The van der Waals surface area contributed by atoms with Gasteiger partial charge in [0.2, 0.25) is 5.95 Å². The second-order valence-corrected chi connectivity index (χ2v) is 6.22. The Morgan fingerprint density at radius 2 is 1.83 bits per heavy atom. The minimum atomic E-state index is 0.206. The van der Waals surface area contributed by atoms with Crippen LogP contribution in [0.5, 0.6) is 0 Å². The lowest BCUT2D eigenvalue weighted by Gasteiger charge is -2.21. The third kappa shape index (κ3) is 2.39. The number of aryl methyl sites for hydroxylation is 2. The van der Waals surface area contributed by atoms with Crippen LogP contribution in [0.2, 0.25) is 0 Å². The van der Waals surface area contributed by atoms with Gasteiger partial charge in [-0.3, -0.25) is 0 Å². The third-order valence-electron chi connectivity index (χ3n) is 3.72. The van der Waals surface area contributed by atoms with Crippen LogP contribution in [0.4, 0.5) is 11.8 Å². The summed E-state index contributed by atoms with van der Waals surface area (Å²) in [7, 11) is 3.92. The van der Waals surface area contributed by atoms with E-state index in [0.29, 0.717) is 11.7 Å². The largest absolute Gasteiger partial charge is 0.366 e. The maximum absolute atomic E-state index is 5.76. The van der Waals surface area contributed by atoms with E-state index >= 15 is 0 Å². The van der Waals surface area contributed by atoms with Crippen molar-refractivity contribution in [3.8, 4) is 5.69 Å². The van der Waals surface area contributed by atoms with E-state index < -0.39 is 0 Å². The van der Waals surface area contributed by atoms with Gasteiger partial charge in [-0.2, -0.15) is 14.6 Å². The summed E-state index contributed by atoms with van der Waals surface area (Å²) in [5.41, 5.74) is 9.58. The van der Waals surface area contributed by atoms with Crippen LogP contribution in [-0.4, -0.2) is 43.5 Å². The maximum Gasteiger partial charge on any atom is 0.256 e. The fourth-order valence-electron chi connectivity index (χ4n) is 2.76. The number of hydrogen-bond acceptors (Lipinski definition) is 6. The summed E-state index contributed by atoms with van der Waals surface area (Å²) in [5.74, 6) is 1.88. The van der Waals surface area contributed by atoms with E-state index in [1.807, 2.05) is 37.5 Å². The summed E-state index contributed by atoms with van der Waals surface area (Å²) in [4.78, 5) is 10.7. The molecule has 0 saturated carbocycles. The maximum atomic E-state index is 5.76. The Balaban J connectivity index is 2.41. The van der Waals surface area contributed by atoms with Crippen LogP contribution in [0.15, 0.2) is 6.07 Å². The van der Waals surface area contributed by atoms with E-state index in [9.17, 15) is 0 Å². The first-order chi connectivity index (χ1) is 10.8. The monoisotopic (exact) mass is 314 g/mol. The SMILES string of the molecule is Cc1cc(C(C)C)n(-c2c(C)nc3nc(N)nn3c2N(C)C)n1. The number of nitrogen functional groups attached to an aromatic ring is 1. The van der Waals surface area contributed by atoms with Crippen LogP contribution >= 0.6 is 0 Å². The second-order valence-electron chi connectivity index (χ2n) is 6.22. The molecule has 3 aromatic rings. The minimum Gasteiger partial charge on any atom is -0.366 e. The van der Waals surface area contributed by atoms with Crippen molar-refractivity contribution in [2.45, 2.75) is 33.6 Å². The highest BCUT2D eigenvalue weighted by Crippen LogP contribution is 2.29. The number of fused-ring (bicyclic) bond motifs is 1. The first kappa shape index (κ1) is 15.3. The van der Waals surface area contributed by atoms with Crippen molar-refractivity contribution in [1.29, 1.82) is 0 Å². The van der Waals surface area contributed by atoms with E-state index in [-0.39, 0.29) is 5.95 Å². The average Bonchev–Trinajstić information content (AvgIpc) is 2.98. The quantitative estimate of drug-likeness (QED) is 0.791. The molecular formula is C15H22N8. The van der Waals surface area contributed by atoms with Gasteiger partial charge < -0.3 is 10.6 Å². The van der Waals surface area contributed by atoms with Crippen molar-refractivity contribution in [2.24, 2.45) is 0 Å². The molecule has 3 aromatic heterocycles. The van der Waals surface area contributed by atoms with Gasteiger partial charge in [-0.1, -0.05) is 13.8 Å². The fourth-order valence-corrected chi connectivity index (χ4v) is 2.76. The summed E-state index contributed by atoms with van der Waals surface area (Å²) >= 11 is 0. The highest BCUT2D eigenvalue weighted by molar-refractivity contribution is 5.64. The van der Waals surface area contributed by atoms with Crippen molar-refractivity contribution in [1.82, 2.24) is 29.4 Å². The molecule has 23 heavy (non-hydrogen) atoms. The van der Waals surface area contributed by atoms with Gasteiger partial charge in [0.15, 0.2) is 5.82 Å². The van der Waals surface area contributed by atoms with Crippen LogP contribution in [0.1, 0.15) is 36.8 Å². The van der Waals surface area contributed by atoms with Crippen molar-refractivity contribution in [2.75, 3.05) is 24.7 Å². The Kier molecular flexibility index (Phi) is 3.46. The Morgan fingerprint density at radius 3 is 2.43 bits per heavy atom. The Hall–Kier alpha value is -2.64. The van der Waals surface area contributed by atoms with Gasteiger partial charge in [-0.05, 0) is 25.8 Å². The normalized spacial score (nSPS) is 11.6. The van der Waals surface area contributed by atoms with Crippen LogP contribution < -0.4 is 10.6 Å². The predicted octanol–water partition coefficient (Wildman–Crippen LogP) is 1.70. The molecule has 0 aliphatic carbocycles. The molecule has 0 aromatic carbocycles. The van der Waals surface area contributed by atoms with E-state index in [0.717, 1.165) is 28.6 Å². The van der Waals surface area contributed by atoms with Crippen molar-refractivity contribution >= 4 is 17.5 Å². The summed E-state index contributed by atoms with van der Waals surface area (Å²) < 4.78 is 3.62. The van der Waals surface area contributed by atoms with Crippen LogP contribution in [0.3, 0.4) is 0 Å². The molecule has 0 amide bonds. The van der Waals surface area contributed by atoms with E-state index in [1.165, 1.54) is 0 Å². The zero-order chi connectivity index (χ0) is 16.9. The van der Waals surface area contributed by atoms with E-state index in [2.05, 4.69) is 40.1 Å². The fraction of sp³-hybridized carbons (Fsp3) is 0.467. The number of hydrogen-bond donors (Lipinski definition) is 1. The first-order valence-electron chi connectivity index (χ1n) is 7.56. The first-order valence-corrected chi connectivity index (χ1v) is 7.56. The molecule has 0 unspecified atom stereocenters. The molecular weight excluding hydrogens is 292 g/mol. The lowest BCUT2D eigenvalue weighted by atomic mass is 10.1. The Labute approximate surface area is 134 Å². The number of anilines is 2. The number of rotatable bonds is 3. The van der Waals surface area contributed by atoms with Gasteiger partial charge in [0.1, 0.15) is 5.69 Å². The zero-order valence-electron chi connectivity index (χ0n) is 14.4. The zero-order valence-corrected chi connectivity index (χ0v) is 14.4. The van der Waals surface area contributed by atoms with Gasteiger partial charge in [0.25, 0.3) is 5.78 Å². The average molecular weight is 314 g/mol. The van der Waals surface area contributed by atoms with Crippen molar-refractivity contribution in [3.05, 3.63) is 23.1 Å². The molecule has 0 spiro atoms. The standard InChI is InChI=1S/C15H22N8/c1-8(2)11-7-9(3)19-22(11)12-10(4)17-15-18-14(16)20-23(15)13(12)21(5)6/h7-8H,1-6H3,(H2,16,20). The minimum absolute atomic E-state index is 0.206. The molecule has 0 atom stereocenters. The molecule has 8 heteroatoms. The number of aromatic nitrogens is 6. The highest BCUT2D eigenvalue weighted by Gasteiger charge is 2.22. The van der Waals surface area contributed by atoms with Gasteiger partial charge in [-0.15, -0.1) is 5.10 Å². The molecule has 0 fully saturated rings. The number of nitrogens with zero attached hydrogens (tertiary/aromatic N) is 7. The summed E-state index contributed by atoms with van der Waals surface area (Å²) in [6.45, 7) is 8.24. The molecule has 0 aliphatic rings. The summed E-state index contributed by atoms with van der Waals surface area (Å²) in [6, 6.07) is 2.10. The molecule has 0 saturated heterocycles. The van der Waals surface area contributed by atoms with Crippen LogP contribution in [0, 0.1) is 13.8 Å². The van der Waals surface area contributed by atoms with Gasteiger partial charge in [0.05, 0.1) is 11.4 Å². The molecule has 3 heterocycles. The van der Waals surface area contributed by atoms with Crippen molar-refractivity contribution < 1.29 is 0 Å². The summed E-state index contributed by atoms with van der Waals surface area (Å²) in [6.07, 6.45) is 0. The molecule has 0 bridgehead atoms. The predicted molar refractivity (Wildman–Crippen MR) is 90.2 cm³/mol. The second kappa shape index (κ2) is 5.22. The van der Waals surface area contributed by atoms with E-state index in [1.54, 1.807) is 4.52 Å². The lowest BCUT2D eigenvalue weighted by molar-refractivity contribution is 0.715. The highest BCUT2D eigenvalue weighted by atomic mass is 15.4.